The largest absolute Gasteiger partial charge is 0.458 e. The first kappa shape index (κ1) is 16.6. The predicted molar refractivity (Wildman–Crippen MR) is 86.6 cm³/mol. The van der Waals surface area contributed by atoms with E-state index in [1.165, 1.54) is 23.6 Å². The second-order valence-electron chi connectivity index (χ2n) is 6.29. The Hall–Kier alpha value is -2.24. The highest BCUT2D eigenvalue weighted by atomic mass is 19.1. The van der Waals surface area contributed by atoms with Gasteiger partial charge in [-0.15, -0.1) is 0 Å². The Labute approximate surface area is 140 Å². The molecule has 5 nitrogen and oxygen atoms in total. The first-order valence-electron chi connectivity index (χ1n) is 8.45. The van der Waals surface area contributed by atoms with Gasteiger partial charge in [-0.1, -0.05) is 18.6 Å². The van der Waals surface area contributed by atoms with Gasteiger partial charge < -0.3 is 4.74 Å². The average Bonchev–Trinajstić information content (AvgIpc) is 2.59. The van der Waals surface area contributed by atoms with Crippen LogP contribution in [-0.2, 0) is 20.9 Å². The topological polar surface area (TPSA) is 59.0 Å². The van der Waals surface area contributed by atoms with Crippen LogP contribution in [0.15, 0.2) is 29.4 Å². The summed E-state index contributed by atoms with van der Waals surface area (Å²) in [5, 5.41) is 5.45. The molecule has 0 unspecified atom stereocenters. The van der Waals surface area contributed by atoms with Crippen molar-refractivity contribution in [2.45, 2.75) is 57.6 Å². The van der Waals surface area contributed by atoms with Crippen molar-refractivity contribution >= 4 is 17.6 Å². The minimum atomic E-state index is -0.418. The summed E-state index contributed by atoms with van der Waals surface area (Å²) in [5.41, 5.74) is 1.05. The van der Waals surface area contributed by atoms with Gasteiger partial charge in [-0.25, -0.2) is 14.2 Å². The highest BCUT2D eigenvalue weighted by Gasteiger charge is 2.27. The fourth-order valence-corrected chi connectivity index (χ4v) is 3.04. The number of esters is 1. The Morgan fingerprint density at radius 1 is 1.17 bits per heavy atom. The van der Waals surface area contributed by atoms with Crippen LogP contribution >= 0.6 is 0 Å². The molecule has 1 aromatic carbocycles. The van der Waals surface area contributed by atoms with Crippen LogP contribution in [0, 0.1) is 5.82 Å². The van der Waals surface area contributed by atoms with E-state index in [-0.39, 0.29) is 30.8 Å². The number of halogens is 1. The van der Waals surface area contributed by atoms with Crippen molar-refractivity contribution in [1.29, 1.82) is 0 Å². The molecular formula is C18H21FN2O3. The van der Waals surface area contributed by atoms with E-state index in [2.05, 4.69) is 5.10 Å². The molecule has 0 atom stereocenters. The lowest BCUT2D eigenvalue weighted by molar-refractivity contribution is -0.142. The number of rotatable bonds is 4. The number of hydrazone groups is 1. The van der Waals surface area contributed by atoms with Gasteiger partial charge in [-0.2, -0.15) is 5.10 Å². The number of hydrogen-bond donors (Lipinski definition) is 0. The number of nitrogens with zero attached hydrogens (tertiary/aromatic N) is 2. The predicted octanol–water partition coefficient (Wildman–Crippen LogP) is 3.18. The van der Waals surface area contributed by atoms with Crippen LogP contribution < -0.4 is 0 Å². The number of ether oxygens (including phenoxy) is 1. The summed E-state index contributed by atoms with van der Waals surface area (Å²) in [6.45, 7) is 0.222. The number of carbonyl (C=O) groups excluding carboxylic acids is 2. The lowest BCUT2D eigenvalue weighted by Gasteiger charge is -2.25. The first-order valence-corrected chi connectivity index (χ1v) is 8.45. The lowest BCUT2D eigenvalue weighted by Crippen LogP contribution is -2.36. The van der Waals surface area contributed by atoms with Crippen LogP contribution in [-0.4, -0.2) is 28.7 Å². The average molecular weight is 332 g/mol. The van der Waals surface area contributed by atoms with E-state index in [0.717, 1.165) is 31.2 Å². The fraction of sp³-hybridized carbons (Fsp3) is 0.500. The van der Waals surface area contributed by atoms with E-state index in [9.17, 15) is 14.0 Å². The molecule has 128 valence electrons. The zero-order chi connectivity index (χ0) is 16.9. The monoisotopic (exact) mass is 332 g/mol. The summed E-state index contributed by atoms with van der Waals surface area (Å²) in [4.78, 5) is 24.3. The van der Waals surface area contributed by atoms with E-state index >= 15 is 0 Å². The van der Waals surface area contributed by atoms with Crippen molar-refractivity contribution in [1.82, 2.24) is 5.01 Å². The zero-order valence-electron chi connectivity index (χ0n) is 13.5. The molecule has 3 rings (SSSR count). The normalized spacial score (nSPS) is 19.1. The van der Waals surface area contributed by atoms with Gasteiger partial charge in [0.1, 0.15) is 17.6 Å². The SMILES string of the molecule is O=C(OC1CCCCC1)C1=NN(Cc2ccc(F)cc2)C(=O)CC1. The summed E-state index contributed by atoms with van der Waals surface area (Å²) >= 11 is 0. The minimum absolute atomic E-state index is 0.0304. The fourth-order valence-electron chi connectivity index (χ4n) is 3.04. The van der Waals surface area contributed by atoms with Crippen molar-refractivity contribution in [3.8, 4) is 0 Å². The molecule has 0 spiro atoms. The van der Waals surface area contributed by atoms with Gasteiger partial charge in [0, 0.05) is 12.8 Å². The molecular weight excluding hydrogens is 311 g/mol. The maximum absolute atomic E-state index is 13.0. The van der Waals surface area contributed by atoms with E-state index in [1.807, 2.05) is 0 Å². The zero-order valence-corrected chi connectivity index (χ0v) is 13.5. The third kappa shape index (κ3) is 4.19. The van der Waals surface area contributed by atoms with Gasteiger partial charge in [-0.3, -0.25) is 4.79 Å². The van der Waals surface area contributed by atoms with Crippen LogP contribution in [0.5, 0.6) is 0 Å². The Balaban J connectivity index is 1.65. The highest BCUT2D eigenvalue weighted by Crippen LogP contribution is 2.21. The summed E-state index contributed by atoms with van der Waals surface area (Å²) < 4.78 is 18.5. The maximum Gasteiger partial charge on any atom is 0.354 e. The highest BCUT2D eigenvalue weighted by molar-refractivity contribution is 6.37. The molecule has 6 heteroatoms. The summed E-state index contributed by atoms with van der Waals surface area (Å²) in [7, 11) is 0. The van der Waals surface area contributed by atoms with Gasteiger partial charge in [0.2, 0.25) is 5.91 Å². The van der Waals surface area contributed by atoms with Crippen LogP contribution in [0.25, 0.3) is 0 Å². The first-order chi connectivity index (χ1) is 11.6. The maximum atomic E-state index is 13.0. The van der Waals surface area contributed by atoms with Crippen LogP contribution in [0.1, 0.15) is 50.5 Å². The molecule has 2 aliphatic rings. The van der Waals surface area contributed by atoms with Crippen molar-refractivity contribution < 1.29 is 18.7 Å². The Bertz CT molecular complexity index is 636. The Morgan fingerprint density at radius 2 is 1.88 bits per heavy atom. The molecule has 0 aromatic heterocycles. The molecule has 0 radical (unpaired) electrons. The smallest absolute Gasteiger partial charge is 0.354 e. The van der Waals surface area contributed by atoms with Gasteiger partial charge in [0.15, 0.2) is 0 Å². The van der Waals surface area contributed by atoms with Crippen LogP contribution in [0.2, 0.25) is 0 Å². The van der Waals surface area contributed by atoms with Gasteiger partial charge >= 0.3 is 5.97 Å². The molecule has 0 bridgehead atoms. The molecule has 1 aliphatic heterocycles. The number of hydrogen-bond acceptors (Lipinski definition) is 4. The minimum Gasteiger partial charge on any atom is -0.458 e. The standard InChI is InChI=1S/C18H21FN2O3/c19-14-8-6-13(7-9-14)12-21-17(22)11-10-16(20-21)18(23)24-15-4-2-1-3-5-15/h6-9,15H,1-5,10-12H2. The summed E-state index contributed by atoms with van der Waals surface area (Å²) in [5.74, 6) is -0.893. The second-order valence-corrected chi connectivity index (χ2v) is 6.29. The Kier molecular flexibility index (Phi) is 5.23. The third-order valence-electron chi connectivity index (χ3n) is 4.41. The molecule has 0 N–H and O–H groups in total. The van der Waals surface area contributed by atoms with Crippen molar-refractivity contribution in [3.05, 3.63) is 35.6 Å². The summed E-state index contributed by atoms with van der Waals surface area (Å²) in [6, 6.07) is 5.89. The van der Waals surface area contributed by atoms with Crippen molar-refractivity contribution in [2.24, 2.45) is 5.10 Å². The Morgan fingerprint density at radius 3 is 2.58 bits per heavy atom. The lowest BCUT2D eigenvalue weighted by atomic mass is 9.98. The van der Waals surface area contributed by atoms with E-state index in [1.54, 1.807) is 12.1 Å². The molecule has 0 saturated heterocycles. The van der Waals surface area contributed by atoms with Crippen molar-refractivity contribution in [2.75, 3.05) is 0 Å². The van der Waals surface area contributed by atoms with E-state index in [4.69, 9.17) is 4.74 Å². The van der Waals surface area contributed by atoms with Gasteiger partial charge in [0.05, 0.1) is 6.54 Å². The molecule has 24 heavy (non-hydrogen) atoms. The quantitative estimate of drug-likeness (QED) is 0.796. The third-order valence-corrected chi connectivity index (χ3v) is 4.41. The molecule has 1 saturated carbocycles. The van der Waals surface area contributed by atoms with Crippen LogP contribution in [0.4, 0.5) is 4.39 Å². The molecule has 1 aromatic rings. The molecule has 1 aliphatic carbocycles. The number of benzene rings is 1. The molecule has 1 amide bonds. The molecule has 1 fully saturated rings. The number of amides is 1. The molecule has 1 heterocycles. The van der Waals surface area contributed by atoms with Crippen LogP contribution in [0.3, 0.4) is 0 Å². The van der Waals surface area contributed by atoms with E-state index in [0.29, 0.717) is 12.1 Å². The number of carbonyl (C=O) groups is 2. The van der Waals surface area contributed by atoms with Gasteiger partial charge in [0.25, 0.3) is 0 Å². The van der Waals surface area contributed by atoms with Crippen molar-refractivity contribution in [3.63, 3.8) is 0 Å². The van der Waals surface area contributed by atoms with Gasteiger partial charge in [-0.05, 0) is 43.4 Å². The second kappa shape index (κ2) is 7.55. The van der Waals surface area contributed by atoms with E-state index < -0.39 is 5.97 Å². The summed E-state index contributed by atoms with van der Waals surface area (Å²) in [6.07, 6.45) is 5.67.